The molecule has 0 saturated heterocycles. The van der Waals surface area contributed by atoms with E-state index in [1.54, 1.807) is 0 Å². The zero-order valence-electron chi connectivity index (χ0n) is 30.9. The van der Waals surface area contributed by atoms with Gasteiger partial charge in [-0.15, -0.1) is 0 Å². The molecule has 0 amide bonds. The van der Waals surface area contributed by atoms with Gasteiger partial charge in [0.05, 0.1) is 16.7 Å². The molecule has 0 N–H and O–H groups in total. The molecule has 0 unspecified atom stereocenters. The highest BCUT2D eigenvalue weighted by molar-refractivity contribution is 6.19. The summed E-state index contributed by atoms with van der Waals surface area (Å²) in [5.74, 6) is 0. The van der Waals surface area contributed by atoms with E-state index >= 15 is 0 Å². The first-order chi connectivity index (χ1) is 28.3. The molecular weight excluding hydrogens is 693 g/mol. The smallest absolute Gasteiger partial charge is 0.143 e. The fourth-order valence-electron chi connectivity index (χ4n) is 9.07. The van der Waals surface area contributed by atoms with Crippen LogP contribution in [0.4, 0.5) is 17.1 Å². The highest BCUT2D eigenvalue weighted by Gasteiger charge is 2.20. The Morgan fingerprint density at radius 3 is 1.77 bits per heavy atom. The summed E-state index contributed by atoms with van der Waals surface area (Å²) in [6.45, 7) is 0. The van der Waals surface area contributed by atoms with Gasteiger partial charge in [-0.05, 0) is 81.9 Å². The van der Waals surface area contributed by atoms with E-state index in [1.165, 1.54) is 54.3 Å². The molecule has 266 valence electrons. The van der Waals surface area contributed by atoms with Crippen LogP contribution in [0.5, 0.6) is 0 Å². The molecule has 0 aliphatic carbocycles. The third-order valence-electron chi connectivity index (χ3n) is 11.7. The van der Waals surface area contributed by atoms with Crippen LogP contribution in [0.25, 0.3) is 92.9 Å². The van der Waals surface area contributed by atoms with Crippen LogP contribution in [0.2, 0.25) is 0 Å². The van der Waals surface area contributed by atoms with Crippen molar-refractivity contribution in [1.82, 2.24) is 4.57 Å². The molecule has 3 nitrogen and oxygen atoms in total. The first kappa shape index (κ1) is 31.7. The Balaban J connectivity index is 1.02. The Hall–Kier alpha value is -7.62. The summed E-state index contributed by atoms with van der Waals surface area (Å²) in [6.07, 6.45) is 0. The van der Waals surface area contributed by atoms with Crippen molar-refractivity contribution < 1.29 is 4.42 Å². The van der Waals surface area contributed by atoms with Gasteiger partial charge in [0.25, 0.3) is 0 Å². The summed E-state index contributed by atoms with van der Waals surface area (Å²) in [7, 11) is 0. The normalized spacial score (nSPS) is 11.9. The first-order valence-corrected chi connectivity index (χ1v) is 19.5. The van der Waals surface area contributed by atoms with Crippen molar-refractivity contribution in [2.75, 3.05) is 4.90 Å². The van der Waals surface area contributed by atoms with Crippen molar-refractivity contribution in [3.63, 3.8) is 0 Å². The monoisotopic (exact) mass is 726 g/mol. The molecule has 0 spiro atoms. The molecule has 0 aliphatic rings. The largest absolute Gasteiger partial charge is 0.455 e. The molecule has 12 rings (SSSR count). The third kappa shape index (κ3) is 4.92. The molecule has 0 fully saturated rings. The van der Waals surface area contributed by atoms with E-state index in [9.17, 15) is 0 Å². The van der Waals surface area contributed by atoms with Crippen LogP contribution in [0.3, 0.4) is 0 Å². The number of aromatic nitrogens is 1. The second-order valence-electron chi connectivity index (χ2n) is 14.9. The van der Waals surface area contributed by atoms with Gasteiger partial charge in [0, 0.05) is 60.8 Å². The number of hydrogen-bond acceptors (Lipinski definition) is 2. The van der Waals surface area contributed by atoms with E-state index < -0.39 is 0 Å². The minimum atomic E-state index is 0.871. The second-order valence-corrected chi connectivity index (χ2v) is 14.9. The number of furan rings is 1. The number of para-hydroxylation sites is 1. The molecular formula is C54H34N2O. The average Bonchev–Trinajstić information content (AvgIpc) is 3.83. The van der Waals surface area contributed by atoms with Gasteiger partial charge in [0.1, 0.15) is 11.2 Å². The lowest BCUT2D eigenvalue weighted by Crippen LogP contribution is -2.10. The molecule has 0 aliphatic heterocycles. The minimum absolute atomic E-state index is 0.871. The Morgan fingerprint density at radius 1 is 0.368 bits per heavy atom. The van der Waals surface area contributed by atoms with Gasteiger partial charge in [0.2, 0.25) is 0 Å². The number of anilines is 3. The Labute approximate surface area is 328 Å². The first-order valence-electron chi connectivity index (χ1n) is 19.5. The quantitative estimate of drug-likeness (QED) is 0.176. The maximum atomic E-state index is 6.69. The molecule has 3 heteroatoms. The highest BCUT2D eigenvalue weighted by Crippen LogP contribution is 2.43. The number of benzene rings is 10. The Bertz CT molecular complexity index is 3520. The lowest BCUT2D eigenvalue weighted by Gasteiger charge is -2.27. The van der Waals surface area contributed by atoms with Gasteiger partial charge >= 0.3 is 0 Å². The molecule has 0 radical (unpaired) electrons. The van der Waals surface area contributed by atoms with E-state index in [-0.39, 0.29) is 0 Å². The topological polar surface area (TPSA) is 21.3 Å². The molecule has 0 atom stereocenters. The van der Waals surface area contributed by atoms with E-state index in [2.05, 4.69) is 216 Å². The maximum absolute atomic E-state index is 6.69. The van der Waals surface area contributed by atoms with Crippen LogP contribution in [0.15, 0.2) is 211 Å². The lowest BCUT2D eigenvalue weighted by atomic mass is 10.0. The minimum Gasteiger partial charge on any atom is -0.455 e. The fourth-order valence-corrected chi connectivity index (χ4v) is 9.07. The van der Waals surface area contributed by atoms with Gasteiger partial charge in [-0.1, -0.05) is 146 Å². The molecule has 57 heavy (non-hydrogen) atoms. The second kappa shape index (κ2) is 12.5. The fraction of sp³-hybridized carbons (Fsp3) is 0. The Kier molecular flexibility index (Phi) is 6.93. The van der Waals surface area contributed by atoms with E-state index in [1.807, 2.05) is 0 Å². The number of nitrogens with zero attached hydrogens (tertiary/aromatic N) is 2. The van der Waals surface area contributed by atoms with Gasteiger partial charge in [-0.2, -0.15) is 0 Å². The molecule has 0 saturated carbocycles. The third-order valence-corrected chi connectivity index (χ3v) is 11.7. The Morgan fingerprint density at radius 2 is 0.965 bits per heavy atom. The van der Waals surface area contributed by atoms with E-state index in [0.717, 1.165) is 55.6 Å². The highest BCUT2D eigenvalue weighted by atomic mass is 16.3. The summed E-state index contributed by atoms with van der Waals surface area (Å²) in [5.41, 5.74) is 10.9. The van der Waals surface area contributed by atoms with Gasteiger partial charge in [-0.25, -0.2) is 0 Å². The standard InChI is InChI=1S/C54H34N2O/c1-2-15-40(16-3-1)56-51-33-39(25-29-46(51)48-30-23-37-12-5-8-18-44(37)53(48)56)35-21-26-41(27-22-35)55(50-20-10-14-36-11-4-7-17-43(36)50)42-28-32-47-49-31-24-38-13-6-9-19-45(38)54(49)57-52(47)34-42/h1-34H. The lowest BCUT2D eigenvalue weighted by molar-refractivity contribution is 0.672. The number of hydrogen-bond donors (Lipinski definition) is 0. The van der Waals surface area contributed by atoms with Gasteiger partial charge < -0.3 is 13.9 Å². The SMILES string of the molecule is c1ccc(-n2c3cc(-c4ccc(N(c5ccc6c(c5)oc5c7ccccc7ccc65)c5cccc6ccccc56)cc4)ccc3c3ccc4ccccc4c32)cc1. The van der Waals surface area contributed by atoms with Crippen molar-refractivity contribution >= 4 is 93.1 Å². The predicted octanol–water partition coefficient (Wildman–Crippen LogP) is 15.3. The number of fused-ring (bicyclic) bond motifs is 11. The van der Waals surface area contributed by atoms with Crippen molar-refractivity contribution in [3.8, 4) is 16.8 Å². The summed E-state index contributed by atoms with van der Waals surface area (Å²) in [6, 6.07) is 74.5. The summed E-state index contributed by atoms with van der Waals surface area (Å²) < 4.78 is 9.12. The summed E-state index contributed by atoms with van der Waals surface area (Å²) in [4.78, 5) is 2.36. The van der Waals surface area contributed by atoms with Crippen LogP contribution < -0.4 is 4.90 Å². The van der Waals surface area contributed by atoms with Crippen molar-refractivity contribution in [2.24, 2.45) is 0 Å². The van der Waals surface area contributed by atoms with Crippen molar-refractivity contribution in [3.05, 3.63) is 206 Å². The number of rotatable bonds is 5. The van der Waals surface area contributed by atoms with Crippen LogP contribution in [0, 0.1) is 0 Å². The van der Waals surface area contributed by atoms with Crippen molar-refractivity contribution in [2.45, 2.75) is 0 Å². The van der Waals surface area contributed by atoms with Crippen molar-refractivity contribution in [1.29, 1.82) is 0 Å². The molecule has 12 aromatic rings. The molecule has 2 heterocycles. The average molecular weight is 727 g/mol. The van der Waals surface area contributed by atoms with E-state index in [0.29, 0.717) is 0 Å². The molecule has 10 aromatic carbocycles. The van der Waals surface area contributed by atoms with Crippen LogP contribution in [-0.2, 0) is 0 Å². The van der Waals surface area contributed by atoms with Crippen LogP contribution in [0.1, 0.15) is 0 Å². The van der Waals surface area contributed by atoms with Crippen LogP contribution >= 0.6 is 0 Å². The molecule has 0 bridgehead atoms. The zero-order valence-corrected chi connectivity index (χ0v) is 30.9. The van der Waals surface area contributed by atoms with Gasteiger partial charge in [-0.3, -0.25) is 0 Å². The summed E-state index contributed by atoms with van der Waals surface area (Å²) >= 11 is 0. The van der Waals surface area contributed by atoms with Crippen LogP contribution in [-0.4, -0.2) is 4.57 Å². The summed E-state index contributed by atoms with van der Waals surface area (Å²) in [5, 5.41) is 11.9. The zero-order chi connectivity index (χ0) is 37.5. The maximum Gasteiger partial charge on any atom is 0.143 e. The molecule has 2 aromatic heterocycles. The van der Waals surface area contributed by atoms with Gasteiger partial charge in [0.15, 0.2) is 0 Å². The predicted molar refractivity (Wildman–Crippen MR) is 241 cm³/mol. The van der Waals surface area contributed by atoms with E-state index in [4.69, 9.17) is 4.42 Å².